The predicted octanol–water partition coefficient (Wildman–Crippen LogP) is 3.89. The van der Waals surface area contributed by atoms with Gasteiger partial charge in [-0.3, -0.25) is 4.79 Å². The highest BCUT2D eigenvalue weighted by molar-refractivity contribution is 7.99. The smallest absolute Gasteiger partial charge is 0.192 e. The normalized spacial score (nSPS) is 10.7. The summed E-state index contributed by atoms with van der Waals surface area (Å²) in [6.45, 7) is 7.13. The average Bonchev–Trinajstić information content (AvgIpc) is 2.35. The van der Waals surface area contributed by atoms with E-state index in [0.717, 1.165) is 17.0 Å². The van der Waals surface area contributed by atoms with Gasteiger partial charge in [0.25, 0.3) is 0 Å². The summed E-state index contributed by atoms with van der Waals surface area (Å²) in [5.41, 5.74) is 2.92. The number of carbonyl (C=O) groups excluding carboxylic acids is 1. The van der Waals surface area contributed by atoms with E-state index < -0.39 is 5.82 Å². The maximum absolute atomic E-state index is 13.8. The number of hydrogen-bond donors (Lipinski definition) is 0. The molecule has 0 amide bonds. The van der Waals surface area contributed by atoms with Crippen LogP contribution >= 0.6 is 11.8 Å². The molecule has 0 atom stereocenters. The summed E-state index contributed by atoms with van der Waals surface area (Å²) in [4.78, 5) is 20.9. The molecule has 0 aliphatic rings. The van der Waals surface area contributed by atoms with Gasteiger partial charge in [0.2, 0.25) is 0 Å². The Labute approximate surface area is 121 Å². The first kappa shape index (κ1) is 14.7. The highest BCUT2D eigenvalue weighted by atomic mass is 32.2. The Morgan fingerprint density at radius 2 is 1.75 bits per heavy atom. The van der Waals surface area contributed by atoms with Gasteiger partial charge in [-0.1, -0.05) is 6.07 Å². The number of benzene rings is 1. The second-order valence-corrected chi connectivity index (χ2v) is 5.58. The van der Waals surface area contributed by atoms with E-state index in [2.05, 4.69) is 9.97 Å². The lowest BCUT2D eigenvalue weighted by Gasteiger charge is -2.09. The van der Waals surface area contributed by atoms with E-state index in [0.29, 0.717) is 10.1 Å². The molecular weight excluding hydrogens is 275 g/mol. The van der Waals surface area contributed by atoms with Gasteiger partial charge in [0.15, 0.2) is 10.9 Å². The van der Waals surface area contributed by atoms with Crippen LogP contribution in [0.4, 0.5) is 4.39 Å². The van der Waals surface area contributed by atoms with Crippen LogP contribution in [-0.2, 0) is 0 Å². The maximum Gasteiger partial charge on any atom is 0.192 e. The number of carbonyl (C=O) groups is 1. The first-order valence-corrected chi connectivity index (χ1v) is 7.01. The summed E-state index contributed by atoms with van der Waals surface area (Å²) < 4.78 is 13.8. The molecule has 1 heterocycles. The van der Waals surface area contributed by atoms with Crippen molar-refractivity contribution in [3.8, 4) is 0 Å². The summed E-state index contributed by atoms with van der Waals surface area (Å²) in [7, 11) is 0. The van der Waals surface area contributed by atoms with E-state index in [1.54, 1.807) is 12.1 Å². The molecule has 0 saturated heterocycles. The quantitative estimate of drug-likeness (QED) is 0.635. The van der Waals surface area contributed by atoms with Crippen LogP contribution < -0.4 is 0 Å². The van der Waals surface area contributed by atoms with Crippen LogP contribution in [0.1, 0.15) is 34.2 Å². The van der Waals surface area contributed by atoms with Gasteiger partial charge in [0.05, 0.1) is 5.56 Å². The molecular formula is C15H15FN2OS. The molecule has 1 aromatic heterocycles. The summed E-state index contributed by atoms with van der Waals surface area (Å²) in [6.07, 6.45) is 0. The van der Waals surface area contributed by atoms with Crippen molar-refractivity contribution in [3.05, 3.63) is 46.5 Å². The predicted molar refractivity (Wildman–Crippen MR) is 76.8 cm³/mol. The second-order valence-electron chi connectivity index (χ2n) is 4.57. The molecule has 1 aromatic carbocycles. The van der Waals surface area contributed by atoms with Crippen LogP contribution in [0, 0.1) is 26.6 Å². The monoisotopic (exact) mass is 290 g/mol. The molecule has 0 radical (unpaired) electrons. The van der Waals surface area contributed by atoms with E-state index in [1.165, 1.54) is 24.8 Å². The highest BCUT2D eigenvalue weighted by Gasteiger charge is 2.15. The van der Waals surface area contributed by atoms with Crippen molar-refractivity contribution in [2.24, 2.45) is 0 Å². The van der Waals surface area contributed by atoms with Crippen molar-refractivity contribution in [2.45, 2.75) is 37.7 Å². The van der Waals surface area contributed by atoms with Crippen molar-refractivity contribution < 1.29 is 9.18 Å². The minimum atomic E-state index is -0.511. The van der Waals surface area contributed by atoms with Crippen molar-refractivity contribution >= 4 is 17.5 Å². The number of nitrogens with zero attached hydrogens (tertiary/aromatic N) is 2. The van der Waals surface area contributed by atoms with Gasteiger partial charge >= 0.3 is 0 Å². The molecule has 0 spiro atoms. The number of rotatable bonds is 3. The fourth-order valence-corrected chi connectivity index (χ4v) is 2.87. The van der Waals surface area contributed by atoms with Crippen molar-refractivity contribution in [1.29, 1.82) is 0 Å². The van der Waals surface area contributed by atoms with Gasteiger partial charge in [0.1, 0.15) is 5.82 Å². The third-order valence-electron chi connectivity index (χ3n) is 3.14. The van der Waals surface area contributed by atoms with Gasteiger partial charge in [-0.25, -0.2) is 14.4 Å². The Hall–Kier alpha value is -1.75. The molecule has 104 valence electrons. The topological polar surface area (TPSA) is 42.9 Å². The molecule has 2 aromatic rings. The number of ketones is 1. The fraction of sp³-hybridized carbons (Fsp3) is 0.267. The summed E-state index contributed by atoms with van der Waals surface area (Å²) in [5.74, 6) is -0.811. The van der Waals surface area contributed by atoms with Crippen molar-refractivity contribution in [3.63, 3.8) is 0 Å². The molecule has 0 N–H and O–H groups in total. The Bertz CT molecular complexity index is 663. The van der Waals surface area contributed by atoms with E-state index >= 15 is 0 Å². The Morgan fingerprint density at radius 3 is 2.30 bits per heavy atom. The molecule has 0 unspecified atom stereocenters. The lowest BCUT2D eigenvalue weighted by Crippen LogP contribution is -2.02. The van der Waals surface area contributed by atoms with Gasteiger partial charge in [-0.2, -0.15) is 0 Å². The highest BCUT2D eigenvalue weighted by Crippen LogP contribution is 2.30. The zero-order chi connectivity index (χ0) is 14.9. The number of Topliss-reactive ketones (excluding diaryl/α,β-unsaturated/α-hetero) is 1. The third-order valence-corrected chi connectivity index (χ3v) is 4.07. The van der Waals surface area contributed by atoms with Crippen LogP contribution in [-0.4, -0.2) is 15.8 Å². The number of aromatic nitrogens is 2. The molecule has 3 nitrogen and oxygen atoms in total. The zero-order valence-electron chi connectivity index (χ0n) is 11.8. The first-order chi connectivity index (χ1) is 9.40. The maximum atomic E-state index is 13.8. The van der Waals surface area contributed by atoms with Crippen LogP contribution in [0.2, 0.25) is 0 Å². The molecule has 20 heavy (non-hydrogen) atoms. The van der Waals surface area contributed by atoms with Crippen LogP contribution in [0.5, 0.6) is 0 Å². The Balaban J connectivity index is 2.45. The van der Waals surface area contributed by atoms with Gasteiger partial charge in [-0.05, 0) is 57.2 Å². The van der Waals surface area contributed by atoms with Crippen molar-refractivity contribution in [2.75, 3.05) is 0 Å². The molecule has 0 fully saturated rings. The van der Waals surface area contributed by atoms with Gasteiger partial charge < -0.3 is 0 Å². The fourth-order valence-electron chi connectivity index (χ4n) is 1.82. The molecule has 0 aliphatic carbocycles. The standard InChI is InChI=1S/C15H15FN2OS/c1-8-9(2)17-15(18-10(8)3)20-13-7-5-6-12(16)14(13)11(4)19/h5-7H,1-4H3. The second kappa shape index (κ2) is 5.71. The summed E-state index contributed by atoms with van der Waals surface area (Å²) >= 11 is 1.21. The van der Waals surface area contributed by atoms with E-state index in [1.807, 2.05) is 20.8 Å². The minimum absolute atomic E-state index is 0.0944. The molecule has 0 saturated carbocycles. The molecule has 0 aliphatic heterocycles. The molecule has 2 rings (SSSR count). The SMILES string of the molecule is CC(=O)c1c(F)cccc1Sc1nc(C)c(C)c(C)n1. The van der Waals surface area contributed by atoms with Gasteiger partial charge in [0, 0.05) is 16.3 Å². The lowest BCUT2D eigenvalue weighted by molar-refractivity contribution is 0.101. The average molecular weight is 290 g/mol. The van der Waals surface area contributed by atoms with E-state index in [9.17, 15) is 9.18 Å². The first-order valence-electron chi connectivity index (χ1n) is 6.19. The minimum Gasteiger partial charge on any atom is -0.294 e. The van der Waals surface area contributed by atoms with Gasteiger partial charge in [-0.15, -0.1) is 0 Å². The number of aryl methyl sites for hydroxylation is 2. The Morgan fingerprint density at radius 1 is 1.15 bits per heavy atom. The molecule has 0 bridgehead atoms. The largest absolute Gasteiger partial charge is 0.294 e. The zero-order valence-corrected chi connectivity index (χ0v) is 12.6. The van der Waals surface area contributed by atoms with Crippen LogP contribution in [0.3, 0.4) is 0 Å². The van der Waals surface area contributed by atoms with Crippen molar-refractivity contribution in [1.82, 2.24) is 9.97 Å². The number of hydrogen-bond acceptors (Lipinski definition) is 4. The van der Waals surface area contributed by atoms with Crippen LogP contribution in [0.25, 0.3) is 0 Å². The summed E-state index contributed by atoms with van der Waals surface area (Å²) in [6, 6.07) is 4.57. The lowest BCUT2D eigenvalue weighted by atomic mass is 10.1. The summed E-state index contributed by atoms with van der Waals surface area (Å²) in [5, 5.41) is 0.527. The Kier molecular flexibility index (Phi) is 4.18. The third kappa shape index (κ3) is 2.88. The number of halogens is 1. The van der Waals surface area contributed by atoms with Crippen LogP contribution in [0.15, 0.2) is 28.3 Å². The molecule has 5 heteroatoms. The van der Waals surface area contributed by atoms with E-state index in [-0.39, 0.29) is 11.3 Å². The van der Waals surface area contributed by atoms with E-state index in [4.69, 9.17) is 0 Å².